The quantitative estimate of drug-likeness (QED) is 0.0140. The van der Waals surface area contributed by atoms with Gasteiger partial charge in [-0.25, -0.2) is 9.59 Å². The standard InChI is InChI=1S/C59H77N7O9.H2S/c1-40(2)32-37-72-48-30-28-42-22-11-13-24-44(42)51(48)52-45-25-14-12-23-43(45)29-31-49(52)73-39-50(67)64-46(26-15-18-35-63-57(71)75-58(3,4)5)53(68)65-47(27-19-36-62-56(60)61-6)54(69)66-59(33-16-8-17-34-59)55(70)74-38-41-20-9-7-10-21-41;/h7,9-14,20-25,28-31,40,46-47H,8,15-19,26-27,32-39H2,1-6H3,(H,63,71)(H,64,67)(H,65,68)(H,66,69)(H3,60,61,62);1H2/t46-,47-;/m1./s1. The average Bonchev–Trinajstić information content (AvgIpc) is 3.42. The number of amides is 4. The second kappa shape index (κ2) is 29.3. The summed E-state index contributed by atoms with van der Waals surface area (Å²) in [6.07, 6.45) is 4.88. The molecule has 6 rings (SSSR count). The van der Waals surface area contributed by atoms with E-state index in [-0.39, 0.29) is 45.4 Å². The molecule has 1 fully saturated rings. The molecule has 0 spiro atoms. The molecule has 1 aliphatic rings. The van der Waals surface area contributed by atoms with Crippen molar-refractivity contribution in [3.8, 4) is 22.6 Å². The van der Waals surface area contributed by atoms with E-state index in [1.807, 2.05) is 97.1 Å². The first kappa shape index (κ1) is 59.9. The van der Waals surface area contributed by atoms with Gasteiger partial charge in [0.05, 0.1) is 6.61 Å². The summed E-state index contributed by atoms with van der Waals surface area (Å²) in [6.45, 7) is 10.3. The highest BCUT2D eigenvalue weighted by Crippen LogP contribution is 2.45. The SMILES string of the molecule is CN=C(N)NCCC[C@@H](NC(=O)[C@@H](CCCCNC(=O)OC(C)(C)C)NC(=O)COc1ccc2ccccc2c1-c1c(OCCC(C)C)ccc2ccccc12)C(=O)NC1(C(=O)OCc2ccccc2)CCCCC1.S. The highest BCUT2D eigenvalue weighted by atomic mass is 32.1. The van der Waals surface area contributed by atoms with Gasteiger partial charge in [0.1, 0.15) is 41.3 Å². The van der Waals surface area contributed by atoms with E-state index in [9.17, 15) is 24.0 Å². The van der Waals surface area contributed by atoms with Crippen molar-refractivity contribution in [2.24, 2.45) is 16.6 Å². The van der Waals surface area contributed by atoms with Crippen LogP contribution in [0.15, 0.2) is 108 Å². The van der Waals surface area contributed by atoms with Gasteiger partial charge in [0.15, 0.2) is 12.6 Å². The Morgan fingerprint density at radius 3 is 1.87 bits per heavy atom. The van der Waals surface area contributed by atoms with Crippen LogP contribution in [0.1, 0.15) is 111 Å². The number of rotatable bonds is 25. The lowest BCUT2D eigenvalue weighted by Gasteiger charge is -2.37. The maximum absolute atomic E-state index is 14.6. The Bertz CT molecular complexity index is 2740. The number of nitrogens with zero attached hydrogens (tertiary/aromatic N) is 1. The van der Waals surface area contributed by atoms with Gasteiger partial charge < -0.3 is 51.3 Å². The topological polar surface area (TPSA) is 221 Å². The fourth-order valence-electron chi connectivity index (χ4n) is 9.15. The molecule has 0 unspecified atom stereocenters. The van der Waals surface area contributed by atoms with E-state index in [0.29, 0.717) is 75.5 Å². The van der Waals surface area contributed by atoms with Crippen LogP contribution >= 0.6 is 13.5 Å². The van der Waals surface area contributed by atoms with Crippen molar-refractivity contribution in [3.63, 3.8) is 0 Å². The maximum atomic E-state index is 14.6. The van der Waals surface area contributed by atoms with Crippen LogP contribution in [0.2, 0.25) is 0 Å². The number of carbonyl (C=O) groups is 5. The van der Waals surface area contributed by atoms with Crippen LogP contribution in [-0.4, -0.2) is 92.3 Å². The molecule has 0 aromatic heterocycles. The number of carbonyl (C=O) groups excluding carboxylic acids is 5. The summed E-state index contributed by atoms with van der Waals surface area (Å²) in [5.41, 5.74) is 6.34. The number of guanidine groups is 1. The number of nitrogens with two attached hydrogens (primary N) is 1. The third kappa shape index (κ3) is 17.8. The van der Waals surface area contributed by atoms with E-state index >= 15 is 0 Å². The van der Waals surface area contributed by atoms with Gasteiger partial charge in [-0.3, -0.25) is 19.4 Å². The van der Waals surface area contributed by atoms with Crippen LogP contribution in [0.25, 0.3) is 32.7 Å². The number of fused-ring (bicyclic) bond motifs is 2. The lowest BCUT2D eigenvalue weighted by molar-refractivity contribution is -0.157. The van der Waals surface area contributed by atoms with Crippen LogP contribution in [0.5, 0.6) is 11.5 Å². The fourth-order valence-corrected chi connectivity index (χ4v) is 9.15. The predicted molar refractivity (Wildman–Crippen MR) is 305 cm³/mol. The van der Waals surface area contributed by atoms with E-state index in [4.69, 9.17) is 24.7 Å². The number of nitrogens with one attached hydrogen (secondary N) is 5. The van der Waals surface area contributed by atoms with Crippen molar-refractivity contribution in [1.82, 2.24) is 26.6 Å². The third-order valence-corrected chi connectivity index (χ3v) is 13.1. The minimum Gasteiger partial charge on any atom is -0.493 e. The van der Waals surface area contributed by atoms with Crippen molar-refractivity contribution in [1.29, 1.82) is 0 Å². The minimum absolute atomic E-state index is 0. The molecule has 1 aliphatic carbocycles. The van der Waals surface area contributed by atoms with Gasteiger partial charge in [-0.05, 0) is 117 Å². The van der Waals surface area contributed by atoms with Gasteiger partial charge in [-0.1, -0.05) is 124 Å². The van der Waals surface area contributed by atoms with Gasteiger partial charge in [0, 0.05) is 31.3 Å². The van der Waals surface area contributed by atoms with Crippen molar-refractivity contribution in [2.75, 3.05) is 33.4 Å². The molecule has 2 atom stereocenters. The van der Waals surface area contributed by atoms with Gasteiger partial charge >= 0.3 is 12.1 Å². The summed E-state index contributed by atoms with van der Waals surface area (Å²) in [5.74, 6) is -0.488. The molecule has 410 valence electrons. The largest absolute Gasteiger partial charge is 0.493 e. The lowest BCUT2D eigenvalue weighted by atomic mass is 9.81. The van der Waals surface area contributed by atoms with Crippen LogP contribution < -0.4 is 41.8 Å². The molecule has 0 aliphatic heterocycles. The Hall–Kier alpha value is -7.01. The summed E-state index contributed by atoms with van der Waals surface area (Å²) >= 11 is 0. The van der Waals surface area contributed by atoms with Gasteiger partial charge in [0.25, 0.3) is 5.91 Å². The first-order valence-corrected chi connectivity index (χ1v) is 26.4. The van der Waals surface area contributed by atoms with E-state index in [2.05, 4.69) is 51.5 Å². The van der Waals surface area contributed by atoms with Gasteiger partial charge in [0.2, 0.25) is 11.8 Å². The molecule has 0 bridgehead atoms. The summed E-state index contributed by atoms with van der Waals surface area (Å²) in [5, 5.41) is 18.5. The summed E-state index contributed by atoms with van der Waals surface area (Å²) in [4.78, 5) is 73.7. The number of unbranched alkanes of at least 4 members (excludes halogenated alkanes) is 1. The van der Waals surface area contributed by atoms with Crippen molar-refractivity contribution in [2.45, 2.75) is 135 Å². The molecular formula is C59H79N7O9S. The number of hydrogen-bond donors (Lipinski definition) is 6. The molecule has 5 aromatic rings. The number of alkyl carbamates (subject to hydrolysis) is 1. The van der Waals surface area contributed by atoms with Crippen molar-refractivity contribution in [3.05, 3.63) is 109 Å². The van der Waals surface area contributed by atoms with Crippen LogP contribution in [-0.2, 0) is 35.3 Å². The monoisotopic (exact) mass is 1060 g/mol. The zero-order valence-electron chi connectivity index (χ0n) is 45.1. The highest BCUT2D eigenvalue weighted by molar-refractivity contribution is 7.59. The molecule has 5 aromatic carbocycles. The zero-order valence-corrected chi connectivity index (χ0v) is 46.1. The molecule has 0 saturated heterocycles. The average molecular weight is 1060 g/mol. The minimum atomic E-state index is -1.30. The second-order valence-electron chi connectivity index (χ2n) is 20.6. The van der Waals surface area contributed by atoms with Gasteiger partial charge in [-0.15, -0.1) is 0 Å². The van der Waals surface area contributed by atoms with E-state index in [1.54, 1.807) is 27.8 Å². The Morgan fingerprint density at radius 2 is 1.25 bits per heavy atom. The van der Waals surface area contributed by atoms with E-state index in [0.717, 1.165) is 51.1 Å². The smallest absolute Gasteiger partial charge is 0.407 e. The molecule has 0 heterocycles. The third-order valence-electron chi connectivity index (χ3n) is 13.1. The molecule has 76 heavy (non-hydrogen) atoms. The number of benzene rings is 5. The van der Waals surface area contributed by atoms with Crippen LogP contribution in [0, 0.1) is 5.92 Å². The molecule has 4 amide bonds. The van der Waals surface area contributed by atoms with Crippen molar-refractivity contribution >= 4 is 70.8 Å². The first-order chi connectivity index (χ1) is 36.1. The number of hydrogen-bond acceptors (Lipinski definition) is 10. The van der Waals surface area contributed by atoms with Crippen LogP contribution in [0.4, 0.5) is 4.79 Å². The van der Waals surface area contributed by atoms with E-state index in [1.165, 1.54) is 0 Å². The second-order valence-corrected chi connectivity index (χ2v) is 20.6. The number of aliphatic imine (C=N–C) groups is 1. The molecule has 16 nitrogen and oxygen atoms in total. The highest BCUT2D eigenvalue weighted by Gasteiger charge is 2.44. The van der Waals surface area contributed by atoms with Gasteiger partial charge in [-0.2, -0.15) is 13.5 Å². The molecular weight excluding hydrogens is 983 g/mol. The number of esters is 1. The Balaban J connectivity index is 0.0000107. The molecule has 0 radical (unpaired) electrons. The van der Waals surface area contributed by atoms with E-state index < -0.39 is 59.6 Å². The molecule has 1 saturated carbocycles. The maximum Gasteiger partial charge on any atom is 0.407 e. The normalized spacial score (nSPS) is 14.1. The predicted octanol–water partition coefficient (Wildman–Crippen LogP) is 9.12. The van der Waals surface area contributed by atoms with Crippen LogP contribution in [0.3, 0.4) is 0 Å². The Labute approximate surface area is 454 Å². The van der Waals surface area contributed by atoms with Crippen molar-refractivity contribution < 1.29 is 42.9 Å². The molecule has 7 N–H and O–H groups in total. The zero-order chi connectivity index (χ0) is 53.8. The molecule has 17 heteroatoms. The summed E-state index contributed by atoms with van der Waals surface area (Å²) in [7, 11) is 1.55. The fraction of sp³-hybridized carbons (Fsp3) is 0.458. The summed E-state index contributed by atoms with van der Waals surface area (Å²) in [6, 6.07) is 30.9. The lowest BCUT2D eigenvalue weighted by Crippen LogP contribution is -2.61. The Kier molecular flexibility index (Phi) is 23.1. The Morgan fingerprint density at radius 1 is 0.671 bits per heavy atom. The summed E-state index contributed by atoms with van der Waals surface area (Å²) < 4.78 is 24.2. The first-order valence-electron chi connectivity index (χ1n) is 26.4. The number of ether oxygens (including phenoxy) is 4.